The topological polar surface area (TPSA) is 46.6 Å². The van der Waals surface area contributed by atoms with E-state index in [1.807, 2.05) is 30.3 Å². The molecular weight excluding hydrogens is 254 g/mol. The van der Waals surface area contributed by atoms with E-state index in [0.717, 1.165) is 18.4 Å². The smallest absolute Gasteiger partial charge is 0.410 e. The largest absolute Gasteiger partial charge is 0.445 e. The van der Waals surface area contributed by atoms with E-state index in [-0.39, 0.29) is 18.6 Å². The van der Waals surface area contributed by atoms with Gasteiger partial charge in [0, 0.05) is 25.4 Å². The highest BCUT2D eigenvalue weighted by Gasteiger charge is 2.40. The summed E-state index contributed by atoms with van der Waals surface area (Å²) in [5.74, 6) is 0.851. The average molecular weight is 273 g/mol. The number of carbonyl (C=O) groups excluding carboxylic acids is 2. The molecule has 1 saturated carbocycles. The second-order valence-corrected chi connectivity index (χ2v) is 5.65. The summed E-state index contributed by atoms with van der Waals surface area (Å²) in [4.78, 5) is 25.5. The fourth-order valence-corrected chi connectivity index (χ4v) is 3.20. The maximum Gasteiger partial charge on any atom is 0.410 e. The molecule has 1 saturated heterocycles. The molecule has 1 heterocycles. The number of fused-ring (bicyclic) bond motifs is 1. The number of ketones is 1. The number of ether oxygens (including phenoxy) is 1. The monoisotopic (exact) mass is 273 g/mol. The Morgan fingerprint density at radius 2 is 2.05 bits per heavy atom. The Bertz CT molecular complexity index is 500. The first-order valence-corrected chi connectivity index (χ1v) is 7.22. The Kier molecular flexibility index (Phi) is 3.72. The van der Waals surface area contributed by atoms with Crippen LogP contribution in [0.15, 0.2) is 30.3 Å². The number of piperidine rings is 1. The molecule has 2 fully saturated rings. The minimum Gasteiger partial charge on any atom is -0.445 e. The third-order valence-corrected chi connectivity index (χ3v) is 4.39. The number of hydrogen-bond acceptors (Lipinski definition) is 3. The van der Waals surface area contributed by atoms with E-state index in [4.69, 9.17) is 4.74 Å². The van der Waals surface area contributed by atoms with Crippen molar-refractivity contribution in [2.24, 2.45) is 11.8 Å². The minimum atomic E-state index is -0.299. The van der Waals surface area contributed by atoms with Gasteiger partial charge in [-0.05, 0) is 24.3 Å². The highest BCUT2D eigenvalue weighted by atomic mass is 16.6. The van der Waals surface area contributed by atoms with Crippen LogP contribution in [-0.2, 0) is 16.1 Å². The van der Waals surface area contributed by atoms with Crippen molar-refractivity contribution in [1.29, 1.82) is 0 Å². The number of nitrogens with zero attached hydrogens (tertiary/aromatic N) is 1. The highest BCUT2D eigenvalue weighted by Crippen LogP contribution is 2.35. The number of benzene rings is 1. The third-order valence-electron chi connectivity index (χ3n) is 4.39. The van der Waals surface area contributed by atoms with Crippen molar-refractivity contribution in [2.45, 2.75) is 25.9 Å². The summed E-state index contributed by atoms with van der Waals surface area (Å²) in [7, 11) is 0. The predicted molar refractivity (Wildman–Crippen MR) is 74.0 cm³/mol. The van der Waals surface area contributed by atoms with Crippen LogP contribution in [0, 0.1) is 11.8 Å². The second-order valence-electron chi connectivity index (χ2n) is 5.65. The molecule has 4 heteroatoms. The van der Waals surface area contributed by atoms with Gasteiger partial charge < -0.3 is 9.64 Å². The maximum atomic E-state index is 12.1. The average Bonchev–Trinajstić information content (AvgIpc) is 2.87. The standard InChI is InChI=1S/C16H19NO3/c18-15-7-6-13-8-9-17(10-14(13)15)16(19)20-11-12-4-2-1-3-5-12/h1-5,13-14H,6-11H2/t13-,14-/m0/s1. The quantitative estimate of drug-likeness (QED) is 0.832. The van der Waals surface area contributed by atoms with Crippen LogP contribution in [0.3, 0.4) is 0 Å². The van der Waals surface area contributed by atoms with E-state index in [1.54, 1.807) is 4.90 Å². The maximum absolute atomic E-state index is 12.1. The lowest BCUT2D eigenvalue weighted by Crippen LogP contribution is -2.44. The van der Waals surface area contributed by atoms with Gasteiger partial charge in [0.2, 0.25) is 0 Å². The summed E-state index contributed by atoms with van der Waals surface area (Å²) in [6, 6.07) is 9.64. The van der Waals surface area contributed by atoms with Crippen molar-refractivity contribution in [3.05, 3.63) is 35.9 Å². The lowest BCUT2D eigenvalue weighted by Gasteiger charge is -2.33. The summed E-state index contributed by atoms with van der Waals surface area (Å²) in [6.07, 6.45) is 2.31. The van der Waals surface area contributed by atoms with Crippen LogP contribution in [0.1, 0.15) is 24.8 Å². The van der Waals surface area contributed by atoms with Crippen LogP contribution in [0.25, 0.3) is 0 Å². The van der Waals surface area contributed by atoms with Gasteiger partial charge in [-0.3, -0.25) is 4.79 Å². The number of amides is 1. The van der Waals surface area contributed by atoms with Crippen molar-refractivity contribution in [1.82, 2.24) is 4.90 Å². The zero-order valence-electron chi connectivity index (χ0n) is 11.5. The van der Waals surface area contributed by atoms with Crippen LogP contribution in [0.2, 0.25) is 0 Å². The van der Waals surface area contributed by atoms with Gasteiger partial charge in [0.1, 0.15) is 12.4 Å². The molecule has 1 aromatic rings. The van der Waals surface area contributed by atoms with E-state index in [2.05, 4.69) is 0 Å². The summed E-state index contributed by atoms with van der Waals surface area (Å²) in [5, 5.41) is 0. The van der Waals surface area contributed by atoms with Crippen molar-refractivity contribution < 1.29 is 14.3 Å². The molecule has 2 atom stereocenters. The molecule has 20 heavy (non-hydrogen) atoms. The van der Waals surface area contributed by atoms with Crippen LogP contribution in [0.5, 0.6) is 0 Å². The summed E-state index contributed by atoms with van der Waals surface area (Å²) >= 11 is 0. The lowest BCUT2D eigenvalue weighted by molar-refractivity contribution is -0.122. The summed E-state index contributed by atoms with van der Waals surface area (Å²) < 4.78 is 5.33. The summed E-state index contributed by atoms with van der Waals surface area (Å²) in [6.45, 7) is 1.54. The first-order valence-electron chi connectivity index (χ1n) is 7.22. The van der Waals surface area contributed by atoms with E-state index >= 15 is 0 Å². The van der Waals surface area contributed by atoms with Crippen LogP contribution in [-0.4, -0.2) is 29.9 Å². The molecule has 4 nitrogen and oxygen atoms in total. The number of likely N-dealkylation sites (tertiary alicyclic amines) is 1. The first kappa shape index (κ1) is 13.2. The molecule has 3 rings (SSSR count). The number of Topliss-reactive ketones (excluding diaryl/α,β-unsaturated/α-hetero) is 1. The molecule has 0 aromatic heterocycles. The molecule has 1 amide bonds. The number of hydrogen-bond donors (Lipinski definition) is 0. The van der Waals surface area contributed by atoms with Gasteiger partial charge >= 0.3 is 6.09 Å². The highest BCUT2D eigenvalue weighted by molar-refractivity contribution is 5.84. The number of carbonyl (C=O) groups is 2. The first-order chi connectivity index (χ1) is 9.74. The van der Waals surface area contributed by atoms with E-state index in [9.17, 15) is 9.59 Å². The zero-order valence-corrected chi connectivity index (χ0v) is 11.5. The van der Waals surface area contributed by atoms with Crippen LogP contribution >= 0.6 is 0 Å². The molecule has 1 aromatic carbocycles. The van der Waals surface area contributed by atoms with Gasteiger partial charge in [0.05, 0.1) is 0 Å². The number of rotatable bonds is 2. The Morgan fingerprint density at radius 1 is 1.25 bits per heavy atom. The molecule has 2 aliphatic rings. The van der Waals surface area contributed by atoms with Crippen molar-refractivity contribution in [3.8, 4) is 0 Å². The van der Waals surface area contributed by atoms with Gasteiger partial charge in [-0.1, -0.05) is 30.3 Å². The van der Waals surface area contributed by atoms with Gasteiger partial charge in [0.25, 0.3) is 0 Å². The molecule has 0 N–H and O–H groups in total. The molecule has 106 valence electrons. The Hall–Kier alpha value is -1.84. The fourth-order valence-electron chi connectivity index (χ4n) is 3.20. The van der Waals surface area contributed by atoms with Gasteiger partial charge in [0.15, 0.2) is 0 Å². The Balaban J connectivity index is 1.54. The Morgan fingerprint density at radius 3 is 2.85 bits per heavy atom. The normalized spacial score (nSPS) is 25.4. The third kappa shape index (κ3) is 2.69. The van der Waals surface area contributed by atoms with E-state index in [0.29, 0.717) is 31.2 Å². The lowest BCUT2D eigenvalue weighted by atomic mass is 9.88. The van der Waals surface area contributed by atoms with E-state index < -0.39 is 0 Å². The molecule has 1 aliphatic carbocycles. The second kappa shape index (κ2) is 5.65. The molecule has 1 aliphatic heterocycles. The molecular formula is C16H19NO3. The van der Waals surface area contributed by atoms with Gasteiger partial charge in [-0.2, -0.15) is 0 Å². The molecule has 0 unspecified atom stereocenters. The van der Waals surface area contributed by atoms with Crippen molar-refractivity contribution >= 4 is 11.9 Å². The van der Waals surface area contributed by atoms with Crippen LogP contribution < -0.4 is 0 Å². The zero-order chi connectivity index (χ0) is 13.9. The fraction of sp³-hybridized carbons (Fsp3) is 0.500. The van der Waals surface area contributed by atoms with E-state index in [1.165, 1.54) is 0 Å². The van der Waals surface area contributed by atoms with Crippen molar-refractivity contribution in [2.75, 3.05) is 13.1 Å². The molecule has 0 spiro atoms. The van der Waals surface area contributed by atoms with Gasteiger partial charge in [-0.25, -0.2) is 4.79 Å². The van der Waals surface area contributed by atoms with Crippen molar-refractivity contribution in [3.63, 3.8) is 0 Å². The minimum absolute atomic E-state index is 0.0491. The SMILES string of the molecule is O=C1CC[C@H]2CCN(C(=O)OCc3ccccc3)C[C@H]12. The summed E-state index contributed by atoms with van der Waals surface area (Å²) in [5.41, 5.74) is 0.979. The van der Waals surface area contributed by atoms with Gasteiger partial charge in [-0.15, -0.1) is 0 Å². The van der Waals surface area contributed by atoms with Crippen LogP contribution in [0.4, 0.5) is 4.79 Å². The molecule has 0 radical (unpaired) electrons. The predicted octanol–water partition coefficient (Wildman–Crippen LogP) is 2.62. The molecule has 0 bridgehead atoms. The Labute approximate surface area is 118 Å².